The topological polar surface area (TPSA) is 34.9 Å². The first-order chi connectivity index (χ1) is 11.6. The number of hydrogen-bond acceptors (Lipinski definition) is 3. The van der Waals surface area contributed by atoms with Crippen LogP contribution in [-0.2, 0) is 13.0 Å². The molecule has 1 aromatic carbocycles. The van der Waals surface area contributed by atoms with Crippen LogP contribution < -0.4 is 5.56 Å². The third kappa shape index (κ3) is 2.38. The van der Waals surface area contributed by atoms with Gasteiger partial charge in [0.2, 0.25) is 0 Å². The average Bonchev–Trinajstić information content (AvgIpc) is 3.16. The van der Waals surface area contributed by atoms with Crippen molar-refractivity contribution in [2.75, 3.05) is 0 Å². The maximum absolute atomic E-state index is 13.4. The zero-order valence-electron chi connectivity index (χ0n) is 13.0. The van der Waals surface area contributed by atoms with Crippen molar-refractivity contribution in [3.8, 4) is 0 Å². The van der Waals surface area contributed by atoms with E-state index in [4.69, 9.17) is 0 Å². The highest BCUT2D eigenvalue weighted by atomic mass is 32.1. The fraction of sp³-hybridized carbons (Fsp3) is 0.222. The summed E-state index contributed by atoms with van der Waals surface area (Å²) in [5.74, 6) is -1.12. The molecule has 0 spiro atoms. The summed E-state index contributed by atoms with van der Waals surface area (Å²) in [6.07, 6.45) is 3.29. The van der Waals surface area contributed by atoms with Crippen LogP contribution in [0.4, 0.5) is 8.78 Å². The quantitative estimate of drug-likeness (QED) is 0.697. The fourth-order valence-electron chi connectivity index (χ4n) is 2.98. The number of benzene rings is 1. The van der Waals surface area contributed by atoms with Gasteiger partial charge in [0.15, 0.2) is 11.6 Å². The summed E-state index contributed by atoms with van der Waals surface area (Å²) < 4.78 is 28.1. The second-order valence-corrected chi connectivity index (χ2v) is 6.89. The molecule has 1 aliphatic rings. The zero-order valence-corrected chi connectivity index (χ0v) is 13.8. The SMILES string of the molecule is CCc1cc2c(=O)n3c(nc2s1)/C(=C/c1ccc(F)c(F)c1)CC3. The van der Waals surface area contributed by atoms with Crippen molar-refractivity contribution < 1.29 is 8.78 Å². The molecular weight excluding hydrogens is 330 g/mol. The van der Waals surface area contributed by atoms with Gasteiger partial charge in [-0.25, -0.2) is 13.8 Å². The van der Waals surface area contributed by atoms with Crippen LogP contribution in [0.2, 0.25) is 0 Å². The molecule has 0 unspecified atom stereocenters. The van der Waals surface area contributed by atoms with Crippen LogP contribution in [-0.4, -0.2) is 9.55 Å². The standard InChI is InChI=1S/C18H14F2N2OS/c1-2-12-9-13-17(24-12)21-16-11(5-6-22(16)18(13)23)7-10-3-4-14(19)15(20)8-10/h3-4,7-9H,2,5-6H2,1H3/b11-7+. The van der Waals surface area contributed by atoms with Crippen molar-refractivity contribution in [1.82, 2.24) is 9.55 Å². The van der Waals surface area contributed by atoms with Crippen LogP contribution in [0.1, 0.15) is 29.6 Å². The zero-order chi connectivity index (χ0) is 16.8. The maximum atomic E-state index is 13.4. The van der Waals surface area contributed by atoms with Crippen LogP contribution in [0, 0.1) is 11.6 Å². The minimum Gasteiger partial charge on any atom is -0.292 e. The Morgan fingerprint density at radius 2 is 2.12 bits per heavy atom. The number of halogens is 2. The van der Waals surface area contributed by atoms with Gasteiger partial charge in [0, 0.05) is 11.4 Å². The molecule has 0 amide bonds. The normalized spacial score (nSPS) is 15.4. The number of rotatable bonds is 2. The molecule has 0 saturated heterocycles. The van der Waals surface area contributed by atoms with Gasteiger partial charge >= 0.3 is 0 Å². The van der Waals surface area contributed by atoms with E-state index in [-0.39, 0.29) is 5.56 Å². The lowest BCUT2D eigenvalue weighted by atomic mass is 10.1. The molecule has 0 aliphatic carbocycles. The largest absolute Gasteiger partial charge is 0.292 e. The molecule has 3 nitrogen and oxygen atoms in total. The maximum Gasteiger partial charge on any atom is 0.262 e. The van der Waals surface area contributed by atoms with Crippen LogP contribution in [0.5, 0.6) is 0 Å². The van der Waals surface area contributed by atoms with Crippen molar-refractivity contribution in [2.45, 2.75) is 26.3 Å². The summed E-state index contributed by atoms with van der Waals surface area (Å²) in [5.41, 5.74) is 1.40. The van der Waals surface area contributed by atoms with E-state index in [0.717, 1.165) is 33.8 Å². The number of hydrogen-bond donors (Lipinski definition) is 0. The Balaban J connectivity index is 1.86. The molecule has 6 heteroatoms. The molecular formula is C18H14F2N2OS. The summed E-state index contributed by atoms with van der Waals surface area (Å²) in [5, 5.41) is 0.662. The van der Waals surface area contributed by atoms with Crippen LogP contribution in [0.3, 0.4) is 0 Å². The number of nitrogens with zero attached hydrogens (tertiary/aromatic N) is 2. The minimum atomic E-state index is -0.881. The fourth-order valence-corrected chi connectivity index (χ4v) is 3.93. The number of fused-ring (bicyclic) bond motifs is 2. The van der Waals surface area contributed by atoms with Crippen LogP contribution in [0.15, 0.2) is 29.1 Å². The molecule has 24 heavy (non-hydrogen) atoms. The van der Waals surface area contributed by atoms with E-state index in [9.17, 15) is 13.6 Å². The van der Waals surface area contributed by atoms with Gasteiger partial charge in [0.05, 0.1) is 5.39 Å². The van der Waals surface area contributed by atoms with E-state index in [0.29, 0.717) is 29.7 Å². The Bertz CT molecular complexity index is 1050. The third-order valence-corrected chi connectivity index (χ3v) is 5.40. The van der Waals surface area contributed by atoms with Gasteiger partial charge < -0.3 is 0 Å². The van der Waals surface area contributed by atoms with Crippen molar-refractivity contribution >= 4 is 33.2 Å². The van der Waals surface area contributed by atoms with Gasteiger partial charge in [0.25, 0.3) is 5.56 Å². The number of thiophene rings is 1. The number of aromatic nitrogens is 2. The van der Waals surface area contributed by atoms with E-state index >= 15 is 0 Å². The van der Waals surface area contributed by atoms with Gasteiger partial charge in [-0.1, -0.05) is 13.0 Å². The van der Waals surface area contributed by atoms with Crippen molar-refractivity contribution in [1.29, 1.82) is 0 Å². The molecule has 0 atom stereocenters. The molecule has 0 radical (unpaired) electrons. The van der Waals surface area contributed by atoms with E-state index in [1.54, 1.807) is 10.6 Å². The number of allylic oxidation sites excluding steroid dienone is 1. The predicted octanol–water partition coefficient (Wildman–Crippen LogP) is 4.24. The van der Waals surface area contributed by atoms with Crippen molar-refractivity contribution in [3.63, 3.8) is 0 Å². The Labute approximate surface area is 140 Å². The van der Waals surface area contributed by atoms with Gasteiger partial charge in [-0.05, 0) is 48.3 Å². The Kier molecular flexibility index (Phi) is 3.57. The van der Waals surface area contributed by atoms with E-state index in [2.05, 4.69) is 4.98 Å². The lowest BCUT2D eigenvalue weighted by Gasteiger charge is -2.03. The summed E-state index contributed by atoms with van der Waals surface area (Å²) in [4.78, 5) is 19.2. The molecule has 3 aromatic rings. The molecule has 122 valence electrons. The van der Waals surface area contributed by atoms with Gasteiger partial charge in [-0.15, -0.1) is 11.3 Å². The lowest BCUT2D eigenvalue weighted by Crippen LogP contribution is -2.19. The molecule has 0 bridgehead atoms. The third-order valence-electron chi connectivity index (χ3n) is 4.23. The molecule has 0 saturated carbocycles. The molecule has 3 heterocycles. The van der Waals surface area contributed by atoms with E-state index < -0.39 is 11.6 Å². The Hall–Kier alpha value is -2.34. The Morgan fingerprint density at radius 3 is 2.88 bits per heavy atom. The number of aryl methyl sites for hydroxylation is 1. The molecule has 0 fully saturated rings. The van der Waals surface area contributed by atoms with Crippen molar-refractivity contribution in [3.05, 3.63) is 62.5 Å². The monoisotopic (exact) mass is 344 g/mol. The van der Waals surface area contributed by atoms with Crippen LogP contribution >= 0.6 is 11.3 Å². The second-order valence-electron chi connectivity index (χ2n) is 5.77. The van der Waals surface area contributed by atoms with Gasteiger partial charge in [0.1, 0.15) is 10.7 Å². The Morgan fingerprint density at radius 1 is 1.29 bits per heavy atom. The van der Waals surface area contributed by atoms with Crippen molar-refractivity contribution in [2.24, 2.45) is 0 Å². The second kappa shape index (κ2) is 5.63. The van der Waals surface area contributed by atoms with Gasteiger partial charge in [-0.2, -0.15) is 0 Å². The first kappa shape index (κ1) is 15.2. The molecule has 0 N–H and O–H groups in total. The predicted molar refractivity (Wildman–Crippen MR) is 92.1 cm³/mol. The first-order valence-corrected chi connectivity index (χ1v) is 8.57. The molecule has 2 aromatic heterocycles. The van der Waals surface area contributed by atoms with Gasteiger partial charge in [-0.3, -0.25) is 9.36 Å². The lowest BCUT2D eigenvalue weighted by molar-refractivity contribution is 0.508. The summed E-state index contributed by atoms with van der Waals surface area (Å²) in [6, 6.07) is 5.69. The smallest absolute Gasteiger partial charge is 0.262 e. The summed E-state index contributed by atoms with van der Waals surface area (Å²) in [7, 11) is 0. The first-order valence-electron chi connectivity index (χ1n) is 7.76. The highest BCUT2D eigenvalue weighted by molar-refractivity contribution is 7.18. The average molecular weight is 344 g/mol. The summed E-state index contributed by atoms with van der Waals surface area (Å²) >= 11 is 1.53. The molecule has 1 aliphatic heterocycles. The highest BCUT2D eigenvalue weighted by Crippen LogP contribution is 2.30. The van der Waals surface area contributed by atoms with E-state index in [1.807, 2.05) is 13.0 Å². The molecule has 4 rings (SSSR count). The van der Waals surface area contributed by atoms with E-state index in [1.165, 1.54) is 17.4 Å². The minimum absolute atomic E-state index is 0.0281. The van der Waals surface area contributed by atoms with Crippen LogP contribution in [0.25, 0.3) is 21.9 Å². The summed E-state index contributed by atoms with van der Waals surface area (Å²) in [6.45, 7) is 2.61. The highest BCUT2D eigenvalue weighted by Gasteiger charge is 2.22.